The van der Waals surface area contributed by atoms with Crippen LogP contribution in [0.5, 0.6) is 0 Å². The molecule has 0 aliphatic heterocycles. The average Bonchev–Trinajstić information content (AvgIpc) is 2.02. The van der Waals surface area contributed by atoms with Crippen LogP contribution < -0.4 is 56.5 Å². The predicted octanol–water partition coefficient (Wildman–Crippen LogP) is -2.74. The van der Waals surface area contributed by atoms with Crippen LogP contribution in [0.2, 0.25) is 0 Å². The summed E-state index contributed by atoms with van der Waals surface area (Å²) in [6, 6.07) is 0. The number of hydrogen-bond donors (Lipinski definition) is 0. The maximum atomic E-state index is 10.4. The van der Waals surface area contributed by atoms with E-state index in [1.54, 1.807) is 34.6 Å². The second-order valence-corrected chi connectivity index (χ2v) is 3.55. The van der Waals surface area contributed by atoms with Crippen LogP contribution in [0.25, 0.3) is 0 Å². The zero-order chi connectivity index (χ0) is 12.5. The van der Waals surface area contributed by atoms with E-state index in [0.717, 1.165) is 0 Å². The van der Waals surface area contributed by atoms with Gasteiger partial charge in [0.1, 0.15) is 0 Å². The quantitative estimate of drug-likeness (QED) is 0.305. The summed E-state index contributed by atoms with van der Waals surface area (Å²) in [4.78, 5) is 20.9. The molecule has 0 aliphatic rings. The molecule has 0 aliphatic carbocycles. The first-order valence-corrected chi connectivity index (χ1v) is 4.76. The van der Waals surface area contributed by atoms with Crippen molar-refractivity contribution in [1.82, 2.24) is 0 Å². The monoisotopic (exact) mass is 258 g/mol. The molecule has 0 atom stereocenters. The summed E-state index contributed by atoms with van der Waals surface area (Å²) in [5.74, 6) is -1.85. The van der Waals surface area contributed by atoms with Crippen molar-refractivity contribution < 1.29 is 75.6 Å². The third-order valence-corrected chi connectivity index (χ3v) is 0.718. The second-order valence-electron chi connectivity index (χ2n) is 3.55. The van der Waals surface area contributed by atoms with Gasteiger partial charge in [0, 0.05) is 0 Å². The minimum Gasteiger partial charge on any atom is -0.850 e. The van der Waals surface area contributed by atoms with E-state index in [2.05, 4.69) is 9.47 Å². The molecule has 0 N–H and O–H groups in total. The fourth-order valence-corrected chi connectivity index (χ4v) is 0.380. The minimum atomic E-state index is -0.927. The van der Waals surface area contributed by atoms with Crippen LogP contribution in [0.15, 0.2) is 0 Å². The van der Waals surface area contributed by atoms with Crippen LogP contribution in [0.4, 0.5) is 0 Å². The molecular formula is C10H19KO5. The van der Waals surface area contributed by atoms with Crippen LogP contribution in [0.1, 0.15) is 34.6 Å². The molecule has 0 aromatic rings. The van der Waals surface area contributed by atoms with Gasteiger partial charge in [-0.05, 0) is 13.8 Å². The molecule has 6 heteroatoms. The normalized spacial score (nSPS) is 9.12. The molecular weight excluding hydrogens is 239 g/mol. The fraction of sp³-hybridized carbons (Fsp3) is 0.800. The molecule has 5 nitrogen and oxygen atoms in total. The first-order valence-electron chi connectivity index (χ1n) is 4.76. The number of esters is 2. The van der Waals surface area contributed by atoms with Crippen molar-refractivity contribution in [3.8, 4) is 0 Å². The number of hydrogen-bond acceptors (Lipinski definition) is 5. The molecule has 0 heterocycles. The summed E-state index contributed by atoms with van der Waals surface area (Å²) in [6.07, 6.45) is 0. The molecule has 0 radical (unpaired) electrons. The zero-order valence-corrected chi connectivity index (χ0v) is 14.1. The number of carbonyl (C=O) groups is 2. The SMILES string of the molecule is CC(C)(C)[O-].CCOC(=O)C(=O)OCC.[K+]. The number of ether oxygens (including phenoxy) is 2. The van der Waals surface area contributed by atoms with Crippen LogP contribution in [0.3, 0.4) is 0 Å². The zero-order valence-electron chi connectivity index (χ0n) is 11.0. The summed E-state index contributed by atoms with van der Waals surface area (Å²) < 4.78 is 8.69. The molecule has 90 valence electrons. The Morgan fingerprint density at radius 3 is 1.31 bits per heavy atom. The van der Waals surface area contributed by atoms with Crippen molar-refractivity contribution in [2.24, 2.45) is 0 Å². The maximum Gasteiger partial charge on any atom is 1.00 e. The van der Waals surface area contributed by atoms with Crippen LogP contribution in [-0.2, 0) is 19.1 Å². The van der Waals surface area contributed by atoms with Gasteiger partial charge < -0.3 is 14.6 Å². The Morgan fingerprint density at radius 2 is 1.19 bits per heavy atom. The largest absolute Gasteiger partial charge is 1.00 e. The number of rotatable bonds is 2. The van der Waals surface area contributed by atoms with Crippen molar-refractivity contribution in [3.63, 3.8) is 0 Å². The van der Waals surface area contributed by atoms with Gasteiger partial charge in [-0.2, -0.15) is 0 Å². The van der Waals surface area contributed by atoms with E-state index in [1.807, 2.05) is 0 Å². The molecule has 0 amide bonds. The van der Waals surface area contributed by atoms with Crippen molar-refractivity contribution in [1.29, 1.82) is 0 Å². The molecule has 0 saturated heterocycles. The van der Waals surface area contributed by atoms with Crippen molar-refractivity contribution in [2.45, 2.75) is 40.2 Å². The molecule has 0 unspecified atom stereocenters. The van der Waals surface area contributed by atoms with Gasteiger partial charge in [-0.25, -0.2) is 9.59 Å². The van der Waals surface area contributed by atoms with E-state index in [4.69, 9.17) is 0 Å². The van der Waals surface area contributed by atoms with Crippen LogP contribution in [-0.4, -0.2) is 30.8 Å². The summed E-state index contributed by atoms with van der Waals surface area (Å²) in [6.45, 7) is 8.52. The van der Waals surface area contributed by atoms with E-state index in [-0.39, 0.29) is 64.6 Å². The standard InChI is InChI=1S/C6H10O4.C4H9O.K/c1-3-9-5(7)6(8)10-4-2;1-4(2,3)5;/h3-4H2,1-2H3;1-3H3;/q;-1;+1. The van der Waals surface area contributed by atoms with Gasteiger partial charge in [-0.3, -0.25) is 0 Å². The van der Waals surface area contributed by atoms with Crippen molar-refractivity contribution >= 4 is 11.9 Å². The van der Waals surface area contributed by atoms with E-state index in [1.165, 1.54) is 0 Å². The molecule has 0 fully saturated rings. The van der Waals surface area contributed by atoms with Gasteiger partial charge in [0.25, 0.3) is 0 Å². The van der Waals surface area contributed by atoms with E-state index in [0.29, 0.717) is 0 Å². The van der Waals surface area contributed by atoms with Crippen LogP contribution >= 0.6 is 0 Å². The Labute approximate surface area is 139 Å². The van der Waals surface area contributed by atoms with E-state index < -0.39 is 17.5 Å². The number of carbonyl (C=O) groups excluding carboxylic acids is 2. The molecule has 0 rings (SSSR count). The van der Waals surface area contributed by atoms with Gasteiger partial charge in [-0.1, -0.05) is 20.8 Å². The second kappa shape index (κ2) is 12.0. The summed E-state index contributed by atoms with van der Waals surface area (Å²) in [5, 5.41) is 10.1. The first kappa shape index (κ1) is 21.8. The fourth-order valence-electron chi connectivity index (χ4n) is 0.380. The molecule has 0 saturated carbocycles. The third kappa shape index (κ3) is 24.0. The van der Waals surface area contributed by atoms with Crippen molar-refractivity contribution in [3.05, 3.63) is 0 Å². The third-order valence-electron chi connectivity index (χ3n) is 0.718. The summed E-state index contributed by atoms with van der Waals surface area (Å²) >= 11 is 0. The topological polar surface area (TPSA) is 75.7 Å². The van der Waals surface area contributed by atoms with E-state index in [9.17, 15) is 14.7 Å². The Balaban J connectivity index is -0.000000242. The molecule has 0 aromatic carbocycles. The summed E-state index contributed by atoms with van der Waals surface area (Å²) in [7, 11) is 0. The summed E-state index contributed by atoms with van der Waals surface area (Å²) in [5.41, 5.74) is -0.750. The van der Waals surface area contributed by atoms with Gasteiger partial charge in [0.2, 0.25) is 0 Å². The Bertz CT molecular complexity index is 176. The van der Waals surface area contributed by atoms with E-state index >= 15 is 0 Å². The Hall–Kier alpha value is 0.536. The van der Waals surface area contributed by atoms with Gasteiger partial charge >= 0.3 is 63.3 Å². The molecule has 0 spiro atoms. The van der Waals surface area contributed by atoms with Gasteiger partial charge in [0.15, 0.2) is 0 Å². The van der Waals surface area contributed by atoms with Gasteiger partial charge in [-0.15, -0.1) is 5.60 Å². The average molecular weight is 258 g/mol. The molecule has 0 aromatic heterocycles. The van der Waals surface area contributed by atoms with Gasteiger partial charge in [0.05, 0.1) is 13.2 Å². The maximum absolute atomic E-state index is 10.4. The first-order chi connectivity index (χ1) is 6.72. The van der Waals surface area contributed by atoms with Crippen LogP contribution in [0, 0.1) is 0 Å². The Morgan fingerprint density at radius 1 is 1.00 bits per heavy atom. The molecule has 16 heavy (non-hydrogen) atoms. The smallest absolute Gasteiger partial charge is 0.850 e. The molecule has 0 bridgehead atoms. The Kier molecular flexibility index (Phi) is 16.3. The van der Waals surface area contributed by atoms with Crippen molar-refractivity contribution in [2.75, 3.05) is 13.2 Å². The predicted molar refractivity (Wildman–Crippen MR) is 53.0 cm³/mol. The minimum absolute atomic E-state index is 0.